The van der Waals surface area contributed by atoms with Crippen LogP contribution in [0.1, 0.15) is 32.3 Å². The lowest BCUT2D eigenvalue weighted by Gasteiger charge is -2.27. The topological polar surface area (TPSA) is 89.3 Å². The molecule has 6 nitrogen and oxygen atoms in total. The fourth-order valence-electron chi connectivity index (χ4n) is 3.52. The first-order valence-electron chi connectivity index (χ1n) is 8.15. The number of carbonyl (C=O) groups is 1. The van der Waals surface area contributed by atoms with Gasteiger partial charge in [-0.2, -0.15) is 0 Å². The highest BCUT2D eigenvalue weighted by Gasteiger charge is 2.63. The van der Waals surface area contributed by atoms with Crippen molar-refractivity contribution in [2.75, 3.05) is 19.7 Å². The van der Waals surface area contributed by atoms with Crippen LogP contribution in [0.4, 0.5) is 0 Å². The number of hydrogen-bond donors (Lipinski definition) is 1. The van der Waals surface area contributed by atoms with Gasteiger partial charge in [0, 0.05) is 30.6 Å². The molecule has 1 N–H and O–H groups in total. The molecule has 0 aromatic heterocycles. The van der Waals surface area contributed by atoms with Gasteiger partial charge in [0.05, 0.1) is 5.41 Å². The predicted octanol–water partition coefficient (Wildman–Crippen LogP) is 2.87. The second-order valence-electron chi connectivity index (χ2n) is 5.91. The molecule has 0 spiro atoms. The minimum absolute atomic E-state index is 0.0511. The third kappa shape index (κ3) is 3.19. The average molecular weight is 316 g/mol. The first-order chi connectivity index (χ1) is 11.1. The van der Waals surface area contributed by atoms with Gasteiger partial charge in [-0.25, -0.2) is 0 Å². The third-order valence-corrected chi connectivity index (χ3v) is 4.83. The number of carbonyl (C=O) groups excluding carboxylic acids is 1. The van der Waals surface area contributed by atoms with Crippen LogP contribution in [0.5, 0.6) is 0 Å². The van der Waals surface area contributed by atoms with Crippen LogP contribution in [0.25, 0.3) is 10.4 Å². The molecular formula is C17H24N4O2. The van der Waals surface area contributed by atoms with Crippen molar-refractivity contribution >= 4 is 5.91 Å². The van der Waals surface area contributed by atoms with E-state index < -0.39 is 5.41 Å². The fourth-order valence-corrected chi connectivity index (χ4v) is 3.52. The Morgan fingerprint density at radius 2 is 2.09 bits per heavy atom. The maximum absolute atomic E-state index is 13.1. The molecular weight excluding hydrogens is 292 g/mol. The molecule has 3 atom stereocenters. The van der Waals surface area contributed by atoms with Gasteiger partial charge in [0.25, 0.3) is 0 Å². The van der Waals surface area contributed by atoms with Crippen LogP contribution in [-0.4, -0.2) is 41.7 Å². The second-order valence-corrected chi connectivity index (χ2v) is 5.91. The number of azide groups is 1. The summed E-state index contributed by atoms with van der Waals surface area (Å²) in [5.41, 5.74) is 9.15. The zero-order chi connectivity index (χ0) is 16.9. The van der Waals surface area contributed by atoms with E-state index in [9.17, 15) is 9.90 Å². The predicted molar refractivity (Wildman–Crippen MR) is 88.8 cm³/mol. The molecule has 1 aliphatic rings. The Balaban J connectivity index is 2.40. The van der Waals surface area contributed by atoms with Crippen molar-refractivity contribution in [2.24, 2.45) is 11.0 Å². The van der Waals surface area contributed by atoms with E-state index in [1.165, 1.54) is 0 Å². The number of aliphatic hydroxyl groups excluding tert-OH is 1. The van der Waals surface area contributed by atoms with Crippen molar-refractivity contribution in [3.05, 3.63) is 46.3 Å². The lowest BCUT2D eigenvalue weighted by Crippen LogP contribution is -2.41. The Morgan fingerprint density at radius 3 is 2.61 bits per heavy atom. The second kappa shape index (κ2) is 7.49. The van der Waals surface area contributed by atoms with Crippen molar-refractivity contribution in [1.29, 1.82) is 0 Å². The third-order valence-electron chi connectivity index (χ3n) is 4.83. The number of rotatable bonds is 8. The van der Waals surface area contributed by atoms with Crippen molar-refractivity contribution in [3.8, 4) is 0 Å². The van der Waals surface area contributed by atoms with Crippen molar-refractivity contribution in [1.82, 2.24) is 4.90 Å². The highest BCUT2D eigenvalue weighted by Crippen LogP contribution is 2.58. The number of amides is 1. The molecule has 1 aromatic rings. The molecule has 1 fully saturated rings. The zero-order valence-electron chi connectivity index (χ0n) is 13.7. The van der Waals surface area contributed by atoms with Gasteiger partial charge in [-0.3, -0.25) is 4.79 Å². The van der Waals surface area contributed by atoms with Gasteiger partial charge >= 0.3 is 0 Å². The Morgan fingerprint density at radius 1 is 1.43 bits per heavy atom. The number of likely N-dealkylation sites (N-methyl/N-ethyl adjacent to an activating group) is 1. The number of aliphatic hydroxyl groups is 1. The Hall–Kier alpha value is -2.04. The zero-order valence-corrected chi connectivity index (χ0v) is 13.7. The number of hydrogen-bond acceptors (Lipinski definition) is 3. The van der Waals surface area contributed by atoms with Crippen LogP contribution < -0.4 is 0 Å². The maximum Gasteiger partial charge on any atom is 0.233 e. The summed E-state index contributed by atoms with van der Waals surface area (Å²) in [6.45, 7) is 5.20. The van der Waals surface area contributed by atoms with Gasteiger partial charge in [-0.05, 0) is 43.7 Å². The summed E-state index contributed by atoms with van der Waals surface area (Å²) in [5, 5.41) is 13.1. The molecule has 0 heterocycles. The fraction of sp³-hybridized carbons (Fsp3) is 0.588. The van der Waals surface area contributed by atoms with E-state index in [1.54, 1.807) is 0 Å². The van der Waals surface area contributed by atoms with Crippen LogP contribution in [-0.2, 0) is 10.2 Å². The molecule has 1 aromatic carbocycles. The molecule has 124 valence electrons. The first-order valence-corrected chi connectivity index (χ1v) is 8.15. The minimum Gasteiger partial charge on any atom is -0.396 e. The summed E-state index contributed by atoms with van der Waals surface area (Å²) in [5.74, 6) is 0.0378. The van der Waals surface area contributed by atoms with Crippen molar-refractivity contribution < 1.29 is 9.90 Å². The average Bonchev–Trinajstić information content (AvgIpc) is 3.33. The smallest absolute Gasteiger partial charge is 0.233 e. The van der Waals surface area contributed by atoms with E-state index >= 15 is 0 Å². The molecule has 2 rings (SSSR count). The van der Waals surface area contributed by atoms with E-state index in [0.29, 0.717) is 25.9 Å². The van der Waals surface area contributed by atoms with E-state index in [4.69, 9.17) is 5.53 Å². The molecule has 0 aliphatic heterocycles. The molecule has 0 bridgehead atoms. The minimum atomic E-state index is -0.624. The summed E-state index contributed by atoms with van der Waals surface area (Å²) in [4.78, 5) is 17.9. The van der Waals surface area contributed by atoms with Crippen LogP contribution in [0.2, 0.25) is 0 Å². The number of nitrogens with zero attached hydrogens (tertiary/aromatic N) is 4. The highest BCUT2D eigenvalue weighted by molar-refractivity contribution is 5.92. The van der Waals surface area contributed by atoms with E-state index in [1.807, 2.05) is 49.1 Å². The van der Waals surface area contributed by atoms with Crippen LogP contribution in [0.15, 0.2) is 35.4 Å². The van der Waals surface area contributed by atoms with Gasteiger partial charge in [-0.15, -0.1) is 0 Å². The van der Waals surface area contributed by atoms with Gasteiger partial charge in [-0.1, -0.05) is 35.4 Å². The summed E-state index contributed by atoms with van der Waals surface area (Å²) >= 11 is 0. The molecule has 1 amide bonds. The standard InChI is InChI=1S/C17H24N4O2/c1-3-21(4-2)16(23)17(13-8-6-5-7-9-13)12-14(17)15(10-11-22)19-20-18/h5-9,14-15,22H,3-4,10-12H2,1-2H3/t14-,15-,17+/m0/s1. The van der Waals surface area contributed by atoms with Crippen LogP contribution in [0.3, 0.4) is 0 Å². The summed E-state index contributed by atoms with van der Waals surface area (Å²) < 4.78 is 0. The van der Waals surface area contributed by atoms with Gasteiger partial charge in [0.2, 0.25) is 5.91 Å². The summed E-state index contributed by atoms with van der Waals surface area (Å²) in [6, 6.07) is 9.35. The molecule has 1 saturated carbocycles. The molecule has 0 saturated heterocycles. The van der Waals surface area contributed by atoms with E-state index in [0.717, 1.165) is 5.56 Å². The maximum atomic E-state index is 13.1. The normalized spacial score (nSPS) is 23.7. The Bertz CT molecular complexity index is 582. The lowest BCUT2D eigenvalue weighted by molar-refractivity contribution is -0.134. The lowest BCUT2D eigenvalue weighted by atomic mass is 9.88. The summed E-state index contributed by atoms with van der Waals surface area (Å²) in [7, 11) is 0. The van der Waals surface area contributed by atoms with Crippen LogP contribution >= 0.6 is 0 Å². The van der Waals surface area contributed by atoms with Crippen LogP contribution in [0, 0.1) is 5.92 Å². The Kier molecular flexibility index (Phi) is 5.64. The first kappa shape index (κ1) is 17.3. The monoisotopic (exact) mass is 316 g/mol. The molecule has 23 heavy (non-hydrogen) atoms. The van der Waals surface area contributed by atoms with E-state index in [-0.39, 0.29) is 24.5 Å². The van der Waals surface area contributed by atoms with Gasteiger partial charge in [0.1, 0.15) is 0 Å². The molecule has 0 unspecified atom stereocenters. The van der Waals surface area contributed by atoms with E-state index in [2.05, 4.69) is 10.0 Å². The largest absolute Gasteiger partial charge is 0.396 e. The molecule has 6 heteroatoms. The van der Waals surface area contributed by atoms with Gasteiger partial charge in [0.15, 0.2) is 0 Å². The Labute approximate surface area is 136 Å². The molecule has 1 aliphatic carbocycles. The SMILES string of the molecule is CCN(CC)C(=O)[C@@]1(c2ccccc2)C[C@H]1[C@H](CCO)N=[N+]=[N-]. The van der Waals surface area contributed by atoms with Crippen molar-refractivity contribution in [2.45, 2.75) is 38.1 Å². The quantitative estimate of drug-likeness (QED) is 0.454. The molecule has 0 radical (unpaired) electrons. The highest BCUT2D eigenvalue weighted by atomic mass is 16.3. The number of benzene rings is 1. The van der Waals surface area contributed by atoms with Gasteiger partial charge < -0.3 is 10.0 Å². The van der Waals surface area contributed by atoms with Crippen molar-refractivity contribution in [3.63, 3.8) is 0 Å². The summed E-state index contributed by atoms with van der Waals surface area (Å²) in [6.07, 6.45) is 1.05.